The molecule has 1 heterocycles. The van der Waals surface area contributed by atoms with Gasteiger partial charge in [-0.3, -0.25) is 4.79 Å². The number of Topliss-reactive ketones (excluding diaryl/α,β-unsaturated/α-hetero) is 1. The van der Waals surface area contributed by atoms with Crippen LogP contribution in [-0.4, -0.2) is 5.78 Å². The first kappa shape index (κ1) is 9.49. The van der Waals surface area contributed by atoms with Gasteiger partial charge in [-0.15, -0.1) is 11.3 Å². The van der Waals surface area contributed by atoms with Gasteiger partial charge < -0.3 is 0 Å². The molecule has 0 N–H and O–H groups in total. The lowest BCUT2D eigenvalue weighted by atomic mass is 10.2. The Kier molecular flexibility index (Phi) is 3.06. The first-order valence-corrected chi connectivity index (χ1v) is 4.73. The highest BCUT2D eigenvalue weighted by Gasteiger charge is 1.98. The molecular formula is C9H9ClOS. The van der Waals surface area contributed by atoms with Crippen molar-refractivity contribution < 1.29 is 4.79 Å². The molecule has 0 aliphatic carbocycles. The second kappa shape index (κ2) is 3.87. The van der Waals surface area contributed by atoms with Crippen LogP contribution in [0.4, 0.5) is 0 Å². The fraction of sp³-hybridized carbons (Fsp3) is 0.222. The van der Waals surface area contributed by atoms with Crippen LogP contribution in [0, 0.1) is 0 Å². The standard InChI is InChI=1S/C9H9ClOS/c1-6(7(2)11)5-8-3-4-9(10)12-8/h3-5H,1-2H3/b6-5+. The molecule has 0 saturated heterocycles. The van der Waals surface area contributed by atoms with E-state index in [-0.39, 0.29) is 5.78 Å². The first-order valence-electron chi connectivity index (χ1n) is 3.54. The summed E-state index contributed by atoms with van der Waals surface area (Å²) in [6, 6.07) is 3.73. The lowest BCUT2D eigenvalue weighted by Crippen LogP contribution is -1.89. The molecule has 12 heavy (non-hydrogen) atoms. The number of thiophene rings is 1. The Labute approximate surface area is 80.7 Å². The van der Waals surface area contributed by atoms with Crippen molar-refractivity contribution in [3.05, 3.63) is 26.9 Å². The van der Waals surface area contributed by atoms with Gasteiger partial charge in [-0.25, -0.2) is 0 Å². The fourth-order valence-corrected chi connectivity index (χ4v) is 1.78. The Bertz CT molecular complexity index is 325. The predicted molar refractivity (Wildman–Crippen MR) is 53.7 cm³/mol. The second-order valence-corrected chi connectivity index (χ2v) is 4.27. The molecular weight excluding hydrogens is 192 g/mol. The number of allylic oxidation sites excluding steroid dienone is 1. The molecule has 0 radical (unpaired) electrons. The Hall–Kier alpha value is -0.600. The fourth-order valence-electron chi connectivity index (χ4n) is 0.721. The number of hydrogen-bond acceptors (Lipinski definition) is 2. The van der Waals surface area contributed by atoms with E-state index in [4.69, 9.17) is 11.6 Å². The summed E-state index contributed by atoms with van der Waals surface area (Å²) in [7, 11) is 0. The average molecular weight is 201 g/mol. The van der Waals surface area contributed by atoms with Crippen molar-refractivity contribution in [2.75, 3.05) is 0 Å². The van der Waals surface area contributed by atoms with Crippen LogP contribution in [0.15, 0.2) is 17.7 Å². The van der Waals surface area contributed by atoms with Gasteiger partial charge in [-0.05, 0) is 37.6 Å². The topological polar surface area (TPSA) is 17.1 Å². The SMILES string of the molecule is CC(=O)/C(C)=C/c1ccc(Cl)s1. The molecule has 0 spiro atoms. The molecule has 1 aromatic rings. The minimum atomic E-state index is 0.0968. The van der Waals surface area contributed by atoms with E-state index in [2.05, 4.69) is 0 Å². The van der Waals surface area contributed by atoms with E-state index in [0.717, 1.165) is 14.8 Å². The van der Waals surface area contributed by atoms with Crippen molar-refractivity contribution in [1.82, 2.24) is 0 Å². The number of halogens is 1. The van der Waals surface area contributed by atoms with E-state index >= 15 is 0 Å². The number of ketones is 1. The second-order valence-electron chi connectivity index (χ2n) is 2.53. The zero-order chi connectivity index (χ0) is 9.14. The molecule has 0 atom stereocenters. The largest absolute Gasteiger partial charge is 0.295 e. The van der Waals surface area contributed by atoms with Crippen LogP contribution in [0.25, 0.3) is 6.08 Å². The summed E-state index contributed by atoms with van der Waals surface area (Å²) in [4.78, 5) is 11.9. The lowest BCUT2D eigenvalue weighted by molar-refractivity contribution is -0.113. The summed E-state index contributed by atoms with van der Waals surface area (Å²) in [5.74, 6) is 0.0968. The molecule has 0 unspecified atom stereocenters. The minimum absolute atomic E-state index is 0.0968. The molecule has 0 saturated carbocycles. The molecule has 0 aliphatic rings. The number of carbonyl (C=O) groups excluding carboxylic acids is 1. The van der Waals surface area contributed by atoms with Gasteiger partial charge in [0.1, 0.15) is 0 Å². The summed E-state index contributed by atoms with van der Waals surface area (Å²) in [6.45, 7) is 3.36. The molecule has 1 rings (SSSR count). The van der Waals surface area contributed by atoms with E-state index in [1.54, 1.807) is 13.8 Å². The van der Waals surface area contributed by atoms with Gasteiger partial charge in [0.05, 0.1) is 4.34 Å². The zero-order valence-corrected chi connectivity index (χ0v) is 8.50. The van der Waals surface area contributed by atoms with Crippen LogP contribution in [0.3, 0.4) is 0 Å². The van der Waals surface area contributed by atoms with E-state index < -0.39 is 0 Å². The maximum atomic E-state index is 10.9. The molecule has 1 aromatic heterocycles. The summed E-state index contributed by atoms with van der Waals surface area (Å²) in [5, 5.41) is 0. The Balaban J connectivity index is 2.87. The molecule has 64 valence electrons. The van der Waals surface area contributed by atoms with Gasteiger partial charge in [0, 0.05) is 4.88 Å². The van der Waals surface area contributed by atoms with Crippen LogP contribution in [-0.2, 0) is 4.79 Å². The van der Waals surface area contributed by atoms with Crippen molar-refractivity contribution in [3.63, 3.8) is 0 Å². The molecule has 0 amide bonds. The van der Waals surface area contributed by atoms with Crippen molar-refractivity contribution in [2.24, 2.45) is 0 Å². The molecule has 0 fully saturated rings. The molecule has 0 aliphatic heterocycles. The normalized spacial score (nSPS) is 11.8. The van der Waals surface area contributed by atoms with Gasteiger partial charge in [-0.2, -0.15) is 0 Å². The van der Waals surface area contributed by atoms with Gasteiger partial charge in [0.25, 0.3) is 0 Å². The monoisotopic (exact) mass is 200 g/mol. The van der Waals surface area contributed by atoms with Crippen molar-refractivity contribution in [1.29, 1.82) is 0 Å². The highest BCUT2D eigenvalue weighted by Crippen LogP contribution is 2.23. The van der Waals surface area contributed by atoms with Crippen LogP contribution in [0.5, 0.6) is 0 Å². The maximum absolute atomic E-state index is 10.9. The Morgan fingerprint density at radius 1 is 1.50 bits per heavy atom. The molecule has 1 nitrogen and oxygen atoms in total. The predicted octanol–water partition coefficient (Wildman–Crippen LogP) is 3.39. The van der Waals surface area contributed by atoms with Gasteiger partial charge >= 0.3 is 0 Å². The van der Waals surface area contributed by atoms with Gasteiger partial charge in [0.15, 0.2) is 5.78 Å². The van der Waals surface area contributed by atoms with Crippen LogP contribution in [0.1, 0.15) is 18.7 Å². The van der Waals surface area contributed by atoms with E-state index in [0.29, 0.717) is 0 Å². The summed E-state index contributed by atoms with van der Waals surface area (Å²) >= 11 is 7.20. The highest BCUT2D eigenvalue weighted by atomic mass is 35.5. The van der Waals surface area contributed by atoms with Crippen molar-refractivity contribution >= 4 is 34.8 Å². The smallest absolute Gasteiger partial charge is 0.155 e. The van der Waals surface area contributed by atoms with Gasteiger partial charge in [0.2, 0.25) is 0 Å². The summed E-state index contributed by atoms with van der Waals surface area (Å²) in [6.07, 6.45) is 1.85. The van der Waals surface area contributed by atoms with Crippen LogP contribution >= 0.6 is 22.9 Å². The third-order valence-electron chi connectivity index (χ3n) is 1.51. The zero-order valence-electron chi connectivity index (χ0n) is 6.93. The Morgan fingerprint density at radius 2 is 2.17 bits per heavy atom. The van der Waals surface area contributed by atoms with Crippen LogP contribution in [0.2, 0.25) is 4.34 Å². The quantitative estimate of drug-likeness (QED) is 0.669. The average Bonchev–Trinajstić information content (AvgIpc) is 2.35. The van der Waals surface area contributed by atoms with Crippen LogP contribution < -0.4 is 0 Å². The lowest BCUT2D eigenvalue weighted by Gasteiger charge is -1.90. The summed E-state index contributed by atoms with van der Waals surface area (Å²) in [5.41, 5.74) is 0.758. The number of hydrogen-bond donors (Lipinski definition) is 0. The third kappa shape index (κ3) is 2.47. The number of carbonyl (C=O) groups is 1. The Morgan fingerprint density at radius 3 is 2.58 bits per heavy atom. The number of rotatable bonds is 2. The van der Waals surface area contributed by atoms with E-state index in [1.807, 2.05) is 18.2 Å². The van der Waals surface area contributed by atoms with Crippen molar-refractivity contribution in [3.8, 4) is 0 Å². The van der Waals surface area contributed by atoms with Gasteiger partial charge in [-0.1, -0.05) is 11.6 Å². The molecule has 0 bridgehead atoms. The molecule has 0 aromatic carbocycles. The molecule has 3 heteroatoms. The minimum Gasteiger partial charge on any atom is -0.295 e. The summed E-state index contributed by atoms with van der Waals surface area (Å²) < 4.78 is 0.748. The van der Waals surface area contributed by atoms with E-state index in [9.17, 15) is 4.79 Å². The van der Waals surface area contributed by atoms with Crippen molar-refractivity contribution in [2.45, 2.75) is 13.8 Å². The maximum Gasteiger partial charge on any atom is 0.155 e. The van der Waals surface area contributed by atoms with E-state index in [1.165, 1.54) is 11.3 Å². The highest BCUT2D eigenvalue weighted by molar-refractivity contribution is 7.17. The first-order chi connectivity index (χ1) is 5.59. The third-order valence-corrected chi connectivity index (χ3v) is 2.69.